The monoisotopic (exact) mass is 357 g/mol. The summed E-state index contributed by atoms with van der Waals surface area (Å²) < 4.78 is 2.35. The minimum Gasteiger partial charge on any atom is -0.367 e. The number of aryl methyl sites for hydroxylation is 1. The molecule has 1 aromatic carbocycles. The molecule has 0 bridgehead atoms. The first-order valence-corrected chi connectivity index (χ1v) is 9.81. The highest BCUT2D eigenvalue weighted by atomic mass is 15.1. The van der Waals surface area contributed by atoms with Crippen molar-refractivity contribution in [1.29, 1.82) is 0 Å². The van der Waals surface area contributed by atoms with Crippen LogP contribution in [0.15, 0.2) is 90.7 Å². The molecule has 1 atom stereocenters. The summed E-state index contributed by atoms with van der Waals surface area (Å²) in [4.78, 5) is 2.36. The van der Waals surface area contributed by atoms with Gasteiger partial charge in [-0.1, -0.05) is 48.6 Å². The van der Waals surface area contributed by atoms with Gasteiger partial charge in [0.1, 0.15) is 6.54 Å². The molecule has 0 saturated heterocycles. The molecule has 138 valence electrons. The van der Waals surface area contributed by atoms with Crippen molar-refractivity contribution in [2.24, 2.45) is 0 Å². The Hall–Kier alpha value is -2.87. The minimum absolute atomic E-state index is 0.316. The lowest BCUT2D eigenvalue weighted by molar-refractivity contribution is -0.669. The Morgan fingerprint density at radius 1 is 1.04 bits per heavy atom. The van der Waals surface area contributed by atoms with Crippen LogP contribution in [-0.2, 0) is 6.54 Å². The summed E-state index contributed by atoms with van der Waals surface area (Å²) in [6.07, 6.45) is 19.5. The minimum atomic E-state index is 0.316. The summed E-state index contributed by atoms with van der Waals surface area (Å²) in [6, 6.07) is 13.3. The average molecular weight is 358 g/mol. The van der Waals surface area contributed by atoms with E-state index in [-0.39, 0.29) is 0 Å². The molecule has 0 radical (unpaired) electrons. The van der Waals surface area contributed by atoms with Gasteiger partial charge in [0, 0.05) is 30.1 Å². The fourth-order valence-corrected chi connectivity index (χ4v) is 3.60. The molecule has 1 aliphatic carbocycles. The molecule has 0 saturated carbocycles. The summed E-state index contributed by atoms with van der Waals surface area (Å²) in [5.74, 6) is 0. The fourth-order valence-electron chi connectivity index (χ4n) is 3.60. The number of benzene rings is 1. The molecule has 3 rings (SSSR count). The van der Waals surface area contributed by atoms with Crippen LogP contribution < -0.4 is 4.57 Å². The second-order valence-corrected chi connectivity index (χ2v) is 6.57. The van der Waals surface area contributed by atoms with Gasteiger partial charge in [0.05, 0.1) is 6.04 Å². The van der Waals surface area contributed by atoms with Gasteiger partial charge in [-0.3, -0.25) is 0 Å². The quantitative estimate of drug-likeness (QED) is 0.493. The Morgan fingerprint density at radius 3 is 2.67 bits per heavy atom. The molecule has 27 heavy (non-hydrogen) atoms. The van der Waals surface area contributed by atoms with Gasteiger partial charge in [-0.15, -0.1) is 0 Å². The van der Waals surface area contributed by atoms with E-state index in [0.717, 1.165) is 13.1 Å². The highest BCUT2D eigenvalue weighted by Gasteiger charge is 2.15. The van der Waals surface area contributed by atoms with E-state index >= 15 is 0 Å². The van der Waals surface area contributed by atoms with E-state index < -0.39 is 0 Å². The van der Waals surface area contributed by atoms with Gasteiger partial charge in [0.15, 0.2) is 0 Å². The summed E-state index contributed by atoms with van der Waals surface area (Å²) in [5.41, 5.74) is 3.84. The smallest absolute Gasteiger partial charge is 0.212 e. The largest absolute Gasteiger partial charge is 0.367 e. The molecule has 1 heterocycles. The lowest BCUT2D eigenvalue weighted by atomic mass is 10.0. The number of hydrogen-bond donors (Lipinski definition) is 0. The Labute approximate surface area is 163 Å². The van der Waals surface area contributed by atoms with E-state index in [2.05, 4.69) is 121 Å². The van der Waals surface area contributed by atoms with Gasteiger partial charge in [-0.05, 0) is 50.8 Å². The van der Waals surface area contributed by atoms with Crippen molar-refractivity contribution in [3.05, 3.63) is 96.4 Å². The molecular weight excluding hydrogens is 328 g/mol. The number of allylic oxidation sites excluding steroid dienone is 5. The molecule has 0 fully saturated rings. The Morgan fingerprint density at radius 2 is 1.89 bits per heavy atom. The van der Waals surface area contributed by atoms with Crippen molar-refractivity contribution < 1.29 is 4.57 Å². The van der Waals surface area contributed by atoms with Gasteiger partial charge < -0.3 is 4.90 Å². The maximum Gasteiger partial charge on any atom is 0.212 e. The molecule has 1 unspecified atom stereocenters. The number of nitrogens with zero attached hydrogens (tertiary/aromatic N) is 2. The first-order valence-electron chi connectivity index (χ1n) is 9.81. The van der Waals surface area contributed by atoms with Crippen LogP contribution in [0.25, 0.3) is 17.0 Å². The third-order valence-corrected chi connectivity index (χ3v) is 5.04. The zero-order chi connectivity index (χ0) is 19.1. The molecular formula is C25H29N2+. The predicted octanol–water partition coefficient (Wildman–Crippen LogP) is 5.44. The van der Waals surface area contributed by atoms with E-state index in [1.54, 1.807) is 0 Å². The van der Waals surface area contributed by atoms with Crippen LogP contribution in [0.1, 0.15) is 26.5 Å². The SMILES string of the molecule is C/C=C1/C=CC=CC1N(/C=C/C=C/c1ccc2ccccc2[n+]1CC)CC. The summed E-state index contributed by atoms with van der Waals surface area (Å²) in [7, 11) is 0. The number of rotatable bonds is 6. The Kier molecular flexibility index (Phi) is 6.43. The maximum absolute atomic E-state index is 2.36. The fraction of sp³-hybridized carbons (Fsp3) is 0.240. The highest BCUT2D eigenvalue weighted by molar-refractivity contribution is 5.76. The van der Waals surface area contributed by atoms with Gasteiger partial charge >= 0.3 is 0 Å². The van der Waals surface area contributed by atoms with Gasteiger partial charge in [0.2, 0.25) is 11.2 Å². The number of fused-ring (bicyclic) bond motifs is 1. The van der Waals surface area contributed by atoms with Crippen molar-refractivity contribution in [2.45, 2.75) is 33.4 Å². The van der Waals surface area contributed by atoms with Crippen molar-refractivity contribution in [3.8, 4) is 0 Å². The van der Waals surface area contributed by atoms with Crippen LogP contribution in [0.5, 0.6) is 0 Å². The van der Waals surface area contributed by atoms with Crippen molar-refractivity contribution in [3.63, 3.8) is 0 Å². The highest BCUT2D eigenvalue weighted by Crippen LogP contribution is 2.18. The van der Waals surface area contributed by atoms with Crippen molar-refractivity contribution in [2.75, 3.05) is 6.54 Å². The molecule has 0 amide bonds. The van der Waals surface area contributed by atoms with E-state index in [9.17, 15) is 0 Å². The average Bonchev–Trinajstić information content (AvgIpc) is 2.73. The van der Waals surface area contributed by atoms with Gasteiger partial charge in [-0.2, -0.15) is 4.57 Å². The van der Waals surface area contributed by atoms with Crippen LogP contribution in [0.4, 0.5) is 0 Å². The summed E-state index contributed by atoms with van der Waals surface area (Å²) in [6.45, 7) is 8.42. The number of aromatic nitrogens is 1. The van der Waals surface area contributed by atoms with Gasteiger partial charge in [0.25, 0.3) is 0 Å². The first-order chi connectivity index (χ1) is 13.3. The Bertz CT molecular complexity index is 928. The second kappa shape index (κ2) is 9.18. The molecule has 0 spiro atoms. The molecule has 0 aliphatic heterocycles. The van der Waals surface area contributed by atoms with E-state index in [1.807, 2.05) is 0 Å². The lowest BCUT2D eigenvalue weighted by Gasteiger charge is -2.29. The third-order valence-electron chi connectivity index (χ3n) is 5.04. The zero-order valence-corrected chi connectivity index (χ0v) is 16.5. The van der Waals surface area contributed by atoms with Crippen LogP contribution in [0, 0.1) is 0 Å². The maximum atomic E-state index is 2.36. The number of para-hydroxylation sites is 1. The predicted molar refractivity (Wildman–Crippen MR) is 116 cm³/mol. The van der Waals surface area contributed by atoms with Crippen molar-refractivity contribution >= 4 is 17.0 Å². The molecule has 2 aromatic rings. The van der Waals surface area contributed by atoms with E-state index in [1.165, 1.54) is 22.2 Å². The van der Waals surface area contributed by atoms with E-state index in [4.69, 9.17) is 0 Å². The molecule has 0 N–H and O–H groups in total. The van der Waals surface area contributed by atoms with Gasteiger partial charge in [-0.25, -0.2) is 0 Å². The van der Waals surface area contributed by atoms with Crippen LogP contribution >= 0.6 is 0 Å². The number of likely N-dealkylation sites (N-methyl/N-ethyl adjacent to an activating group) is 1. The number of hydrogen-bond acceptors (Lipinski definition) is 1. The topological polar surface area (TPSA) is 7.12 Å². The normalized spacial score (nSPS) is 18.3. The van der Waals surface area contributed by atoms with Crippen LogP contribution in [0.2, 0.25) is 0 Å². The van der Waals surface area contributed by atoms with Crippen LogP contribution in [-0.4, -0.2) is 17.5 Å². The molecule has 1 aromatic heterocycles. The van der Waals surface area contributed by atoms with E-state index in [0.29, 0.717) is 6.04 Å². The second-order valence-electron chi connectivity index (χ2n) is 6.57. The first kappa shape index (κ1) is 18.9. The van der Waals surface area contributed by atoms with Crippen LogP contribution in [0.3, 0.4) is 0 Å². The molecule has 2 heteroatoms. The molecule has 2 nitrogen and oxygen atoms in total. The lowest BCUT2D eigenvalue weighted by Crippen LogP contribution is -2.36. The third kappa shape index (κ3) is 4.28. The zero-order valence-electron chi connectivity index (χ0n) is 16.5. The summed E-state index contributed by atoms with van der Waals surface area (Å²) in [5, 5.41) is 1.28. The Balaban J connectivity index is 1.79. The van der Waals surface area contributed by atoms with Crippen molar-refractivity contribution in [1.82, 2.24) is 4.90 Å². The summed E-state index contributed by atoms with van der Waals surface area (Å²) >= 11 is 0. The standard InChI is InChI=1S/C25H29N2/c1-4-21-13-7-9-16-24(21)26(5-2)20-12-11-15-23-19-18-22-14-8-10-17-25(22)27(23)6-3/h4,7-20,24H,5-6H2,1-3H3/q+1/b21-4-. The molecule has 1 aliphatic rings. The number of pyridine rings is 1.